The van der Waals surface area contributed by atoms with Gasteiger partial charge in [-0.25, -0.2) is 0 Å². The Morgan fingerprint density at radius 3 is 2.86 bits per heavy atom. The maximum Gasteiger partial charge on any atom is 0.120 e. The summed E-state index contributed by atoms with van der Waals surface area (Å²) in [6, 6.07) is 6.29. The van der Waals surface area contributed by atoms with Crippen LogP contribution in [0.25, 0.3) is 10.9 Å². The first kappa shape index (κ1) is 15.9. The fraction of sp³-hybridized carbons (Fsp3) is 0.556. The van der Waals surface area contributed by atoms with Crippen molar-refractivity contribution in [3.63, 3.8) is 0 Å². The SMILES string of the molecule is CCCCC(CC)COc1ccc2[nH]cc(CCN)c2c1. The monoisotopic (exact) mass is 288 g/mol. The average Bonchev–Trinajstić information content (AvgIpc) is 2.90. The van der Waals surface area contributed by atoms with Crippen LogP contribution in [0.1, 0.15) is 45.1 Å². The number of H-pyrrole nitrogens is 1. The van der Waals surface area contributed by atoms with Crippen LogP contribution >= 0.6 is 0 Å². The largest absolute Gasteiger partial charge is 0.493 e. The minimum atomic E-state index is 0.662. The summed E-state index contributed by atoms with van der Waals surface area (Å²) < 4.78 is 6.02. The molecule has 0 aliphatic carbocycles. The Morgan fingerprint density at radius 1 is 1.29 bits per heavy atom. The van der Waals surface area contributed by atoms with Crippen molar-refractivity contribution in [1.82, 2.24) is 4.98 Å². The van der Waals surface area contributed by atoms with Gasteiger partial charge in [-0.1, -0.05) is 33.1 Å². The number of aromatic nitrogens is 1. The number of hydrogen-bond acceptors (Lipinski definition) is 2. The molecule has 0 spiro atoms. The van der Waals surface area contributed by atoms with Crippen LogP contribution in [-0.2, 0) is 6.42 Å². The summed E-state index contributed by atoms with van der Waals surface area (Å²) in [5.74, 6) is 1.63. The molecule has 0 fully saturated rings. The Kier molecular flexibility index (Phi) is 6.12. The molecule has 0 aliphatic rings. The second-order valence-corrected chi connectivity index (χ2v) is 5.79. The Hall–Kier alpha value is -1.48. The second-order valence-electron chi connectivity index (χ2n) is 5.79. The Morgan fingerprint density at radius 2 is 2.14 bits per heavy atom. The van der Waals surface area contributed by atoms with Crippen LogP contribution < -0.4 is 10.5 Å². The summed E-state index contributed by atoms with van der Waals surface area (Å²) in [7, 11) is 0. The third-order valence-corrected chi connectivity index (χ3v) is 4.18. The zero-order chi connectivity index (χ0) is 15.1. The summed E-state index contributed by atoms with van der Waals surface area (Å²) in [5.41, 5.74) is 8.10. The summed E-state index contributed by atoms with van der Waals surface area (Å²) >= 11 is 0. The molecule has 1 heterocycles. The number of benzene rings is 1. The molecule has 1 aromatic carbocycles. The maximum atomic E-state index is 6.02. The zero-order valence-corrected chi connectivity index (χ0v) is 13.3. The molecule has 0 saturated carbocycles. The number of aromatic amines is 1. The number of ether oxygens (including phenoxy) is 1. The van der Waals surface area contributed by atoms with Crippen molar-refractivity contribution in [3.8, 4) is 5.75 Å². The Labute approximate surface area is 127 Å². The molecule has 0 saturated heterocycles. The lowest BCUT2D eigenvalue weighted by Gasteiger charge is -2.15. The van der Waals surface area contributed by atoms with Gasteiger partial charge in [0.15, 0.2) is 0 Å². The first-order chi connectivity index (χ1) is 10.3. The van der Waals surface area contributed by atoms with Crippen molar-refractivity contribution >= 4 is 10.9 Å². The molecule has 0 radical (unpaired) electrons. The van der Waals surface area contributed by atoms with E-state index in [0.29, 0.717) is 12.5 Å². The molecule has 2 rings (SSSR count). The Bertz CT molecular complexity index is 547. The standard InChI is InChI=1S/C18H28N2O/c1-3-5-6-14(4-2)13-21-16-7-8-18-17(11-16)15(9-10-19)12-20-18/h7-8,11-12,14,20H,3-6,9-10,13,19H2,1-2H3. The number of fused-ring (bicyclic) bond motifs is 1. The Balaban J connectivity index is 2.02. The lowest BCUT2D eigenvalue weighted by molar-refractivity contribution is 0.233. The lowest BCUT2D eigenvalue weighted by atomic mass is 10.0. The molecule has 0 amide bonds. The van der Waals surface area contributed by atoms with Crippen LogP contribution in [-0.4, -0.2) is 18.1 Å². The van der Waals surface area contributed by atoms with Gasteiger partial charge in [0.1, 0.15) is 5.75 Å². The first-order valence-corrected chi connectivity index (χ1v) is 8.21. The van der Waals surface area contributed by atoms with Crippen LogP contribution in [0.15, 0.2) is 24.4 Å². The van der Waals surface area contributed by atoms with Gasteiger partial charge in [0.25, 0.3) is 0 Å². The highest BCUT2D eigenvalue weighted by Crippen LogP contribution is 2.25. The molecule has 1 atom stereocenters. The minimum Gasteiger partial charge on any atom is -0.493 e. The van der Waals surface area contributed by atoms with Crippen LogP contribution in [0.4, 0.5) is 0 Å². The van der Waals surface area contributed by atoms with Gasteiger partial charge in [-0.2, -0.15) is 0 Å². The molecule has 0 bridgehead atoms. The van der Waals surface area contributed by atoms with E-state index in [1.807, 2.05) is 0 Å². The molecular weight excluding hydrogens is 260 g/mol. The molecule has 2 aromatic rings. The molecule has 116 valence electrons. The van der Waals surface area contributed by atoms with Gasteiger partial charge in [0.05, 0.1) is 6.61 Å². The summed E-state index contributed by atoms with van der Waals surface area (Å²) in [6.07, 6.45) is 7.95. The van der Waals surface area contributed by atoms with Crippen molar-refractivity contribution in [2.75, 3.05) is 13.2 Å². The van der Waals surface area contributed by atoms with E-state index in [1.54, 1.807) is 0 Å². The first-order valence-electron chi connectivity index (χ1n) is 8.21. The molecule has 3 nitrogen and oxygen atoms in total. The van der Waals surface area contributed by atoms with Crippen molar-refractivity contribution in [2.24, 2.45) is 11.7 Å². The van der Waals surface area contributed by atoms with E-state index in [9.17, 15) is 0 Å². The second kappa shape index (κ2) is 8.08. The zero-order valence-electron chi connectivity index (χ0n) is 13.3. The van der Waals surface area contributed by atoms with E-state index in [4.69, 9.17) is 10.5 Å². The number of nitrogens with two attached hydrogens (primary N) is 1. The maximum absolute atomic E-state index is 6.02. The fourth-order valence-corrected chi connectivity index (χ4v) is 2.72. The minimum absolute atomic E-state index is 0.662. The number of nitrogens with one attached hydrogen (secondary N) is 1. The predicted octanol–water partition coefficient (Wildman–Crippen LogP) is 4.26. The number of rotatable bonds is 9. The van der Waals surface area contributed by atoms with E-state index in [0.717, 1.165) is 24.3 Å². The topological polar surface area (TPSA) is 51.0 Å². The lowest BCUT2D eigenvalue weighted by Crippen LogP contribution is -2.11. The van der Waals surface area contributed by atoms with Crippen LogP contribution in [0.5, 0.6) is 5.75 Å². The molecular formula is C18H28N2O. The molecule has 3 heteroatoms. The highest BCUT2D eigenvalue weighted by atomic mass is 16.5. The fourth-order valence-electron chi connectivity index (χ4n) is 2.72. The van der Waals surface area contributed by atoms with Crippen molar-refractivity contribution in [2.45, 2.75) is 46.0 Å². The summed E-state index contributed by atoms with van der Waals surface area (Å²) in [5, 5.41) is 1.24. The smallest absolute Gasteiger partial charge is 0.120 e. The van der Waals surface area contributed by atoms with Gasteiger partial charge in [-0.3, -0.25) is 0 Å². The third kappa shape index (κ3) is 4.24. The van der Waals surface area contributed by atoms with Gasteiger partial charge in [-0.15, -0.1) is 0 Å². The van der Waals surface area contributed by atoms with Gasteiger partial charge in [-0.05, 0) is 49.1 Å². The van der Waals surface area contributed by atoms with Gasteiger partial charge < -0.3 is 15.5 Å². The molecule has 1 aromatic heterocycles. The van der Waals surface area contributed by atoms with Crippen LogP contribution in [0.2, 0.25) is 0 Å². The molecule has 3 N–H and O–H groups in total. The summed E-state index contributed by atoms with van der Waals surface area (Å²) in [4.78, 5) is 3.29. The highest BCUT2D eigenvalue weighted by molar-refractivity contribution is 5.84. The van der Waals surface area contributed by atoms with E-state index in [-0.39, 0.29) is 0 Å². The van der Waals surface area contributed by atoms with Crippen LogP contribution in [0.3, 0.4) is 0 Å². The normalized spacial score (nSPS) is 12.7. The van der Waals surface area contributed by atoms with Crippen LogP contribution in [0, 0.1) is 5.92 Å². The number of hydrogen-bond donors (Lipinski definition) is 2. The van der Waals surface area contributed by atoms with E-state index >= 15 is 0 Å². The highest BCUT2D eigenvalue weighted by Gasteiger charge is 2.08. The predicted molar refractivity (Wildman–Crippen MR) is 89.9 cm³/mol. The van der Waals surface area contributed by atoms with Crippen molar-refractivity contribution in [1.29, 1.82) is 0 Å². The molecule has 1 unspecified atom stereocenters. The number of unbranched alkanes of at least 4 members (excludes halogenated alkanes) is 1. The summed E-state index contributed by atoms with van der Waals surface area (Å²) in [6.45, 7) is 5.98. The van der Waals surface area contributed by atoms with Gasteiger partial charge in [0.2, 0.25) is 0 Å². The molecule has 21 heavy (non-hydrogen) atoms. The molecule has 0 aliphatic heterocycles. The van der Waals surface area contributed by atoms with Gasteiger partial charge in [0, 0.05) is 17.1 Å². The third-order valence-electron chi connectivity index (χ3n) is 4.18. The van der Waals surface area contributed by atoms with E-state index < -0.39 is 0 Å². The van der Waals surface area contributed by atoms with E-state index in [1.165, 1.54) is 36.6 Å². The van der Waals surface area contributed by atoms with E-state index in [2.05, 4.69) is 43.2 Å². The van der Waals surface area contributed by atoms with Crippen molar-refractivity contribution in [3.05, 3.63) is 30.0 Å². The van der Waals surface area contributed by atoms with Crippen molar-refractivity contribution < 1.29 is 4.74 Å². The quantitative estimate of drug-likeness (QED) is 0.724. The average molecular weight is 288 g/mol. The van der Waals surface area contributed by atoms with Gasteiger partial charge >= 0.3 is 0 Å².